The normalized spacial score (nSPS) is 12.4. The number of halogens is 3. The van der Waals surface area contributed by atoms with Gasteiger partial charge in [0.15, 0.2) is 0 Å². The van der Waals surface area contributed by atoms with Crippen molar-refractivity contribution in [1.29, 1.82) is 0 Å². The predicted molar refractivity (Wildman–Crippen MR) is 71.5 cm³/mol. The first kappa shape index (κ1) is 13.3. The summed E-state index contributed by atoms with van der Waals surface area (Å²) in [6.45, 7) is 0. The summed E-state index contributed by atoms with van der Waals surface area (Å²) in [6, 6.07) is 11.2. The molecule has 0 bridgehead atoms. The van der Waals surface area contributed by atoms with Gasteiger partial charge in [-0.25, -0.2) is 4.39 Å². The van der Waals surface area contributed by atoms with Crippen LogP contribution in [0.5, 0.6) is 0 Å². The predicted octanol–water partition coefficient (Wildman–Crippen LogP) is 4.41. The molecule has 2 rings (SSSR count). The highest BCUT2D eigenvalue weighted by molar-refractivity contribution is 6.35. The Morgan fingerprint density at radius 2 is 1.61 bits per heavy atom. The first-order valence-corrected chi connectivity index (χ1v) is 6.20. The van der Waals surface area contributed by atoms with E-state index in [0.29, 0.717) is 15.6 Å². The average Bonchev–Trinajstić information content (AvgIpc) is 2.34. The Balaban J connectivity index is 2.27. The third-order valence-corrected chi connectivity index (χ3v) is 3.43. The van der Waals surface area contributed by atoms with Crippen molar-refractivity contribution >= 4 is 23.2 Å². The van der Waals surface area contributed by atoms with Gasteiger partial charge in [-0.3, -0.25) is 0 Å². The van der Waals surface area contributed by atoms with E-state index in [4.69, 9.17) is 23.2 Å². The van der Waals surface area contributed by atoms with Crippen molar-refractivity contribution < 1.29 is 9.50 Å². The molecule has 0 amide bonds. The fraction of sp³-hybridized carbons (Fsp3) is 0.143. The number of hydrogen-bond donors (Lipinski definition) is 1. The first-order chi connectivity index (χ1) is 8.59. The van der Waals surface area contributed by atoms with Crippen LogP contribution in [-0.2, 0) is 6.42 Å². The second-order valence-electron chi connectivity index (χ2n) is 3.94. The van der Waals surface area contributed by atoms with Crippen LogP contribution >= 0.6 is 23.2 Å². The third kappa shape index (κ3) is 2.83. The van der Waals surface area contributed by atoms with E-state index in [1.54, 1.807) is 36.4 Å². The van der Waals surface area contributed by atoms with Crippen LogP contribution in [0.25, 0.3) is 0 Å². The Morgan fingerprint density at radius 1 is 1.00 bits per heavy atom. The van der Waals surface area contributed by atoms with E-state index < -0.39 is 11.9 Å². The van der Waals surface area contributed by atoms with E-state index in [1.165, 1.54) is 6.07 Å². The number of aliphatic hydroxyl groups excluding tert-OH is 1. The summed E-state index contributed by atoms with van der Waals surface area (Å²) in [5.74, 6) is -0.437. The van der Waals surface area contributed by atoms with Crippen molar-refractivity contribution in [2.45, 2.75) is 12.5 Å². The third-order valence-electron chi connectivity index (χ3n) is 2.72. The lowest BCUT2D eigenvalue weighted by Crippen LogP contribution is -2.05. The molecule has 1 N–H and O–H groups in total. The maximum atomic E-state index is 13.5. The quantitative estimate of drug-likeness (QED) is 0.885. The molecule has 0 radical (unpaired) electrons. The van der Waals surface area contributed by atoms with Gasteiger partial charge in [-0.1, -0.05) is 47.5 Å². The lowest BCUT2D eigenvalue weighted by atomic mass is 10.0. The first-order valence-electron chi connectivity index (χ1n) is 5.45. The van der Waals surface area contributed by atoms with Crippen LogP contribution in [0.3, 0.4) is 0 Å². The lowest BCUT2D eigenvalue weighted by Gasteiger charge is -2.14. The highest BCUT2D eigenvalue weighted by Crippen LogP contribution is 2.29. The molecule has 1 unspecified atom stereocenters. The highest BCUT2D eigenvalue weighted by atomic mass is 35.5. The molecule has 4 heteroatoms. The number of hydrogen-bond acceptors (Lipinski definition) is 1. The molecule has 0 spiro atoms. The molecule has 0 aliphatic heterocycles. The summed E-state index contributed by atoms with van der Waals surface area (Å²) in [5, 5.41) is 11.0. The molecule has 0 fully saturated rings. The molecule has 0 saturated carbocycles. The standard InChI is InChI=1S/C14H11Cl2FO/c15-11-5-3-6-12(16)10(11)8-14(18)9-4-1-2-7-13(9)17/h1-7,14,18H,8H2. The fourth-order valence-corrected chi connectivity index (χ4v) is 2.33. The van der Waals surface area contributed by atoms with Gasteiger partial charge >= 0.3 is 0 Å². The van der Waals surface area contributed by atoms with E-state index in [2.05, 4.69) is 0 Å². The Bertz CT molecular complexity index is 537. The molecule has 94 valence electrons. The van der Waals surface area contributed by atoms with Crippen LogP contribution in [0, 0.1) is 5.82 Å². The van der Waals surface area contributed by atoms with Crippen LogP contribution in [0.1, 0.15) is 17.2 Å². The van der Waals surface area contributed by atoms with Crippen molar-refractivity contribution in [2.75, 3.05) is 0 Å². The second-order valence-corrected chi connectivity index (χ2v) is 4.76. The van der Waals surface area contributed by atoms with Gasteiger partial charge in [-0.15, -0.1) is 0 Å². The molecule has 18 heavy (non-hydrogen) atoms. The van der Waals surface area contributed by atoms with Gasteiger partial charge in [0.2, 0.25) is 0 Å². The van der Waals surface area contributed by atoms with E-state index in [9.17, 15) is 9.50 Å². The van der Waals surface area contributed by atoms with Crippen molar-refractivity contribution in [3.63, 3.8) is 0 Å². The maximum Gasteiger partial charge on any atom is 0.129 e. The number of aliphatic hydroxyl groups is 1. The number of rotatable bonds is 3. The monoisotopic (exact) mass is 284 g/mol. The fourth-order valence-electron chi connectivity index (χ4n) is 1.78. The van der Waals surface area contributed by atoms with Crippen molar-refractivity contribution in [3.8, 4) is 0 Å². The summed E-state index contributed by atoms with van der Waals surface area (Å²) in [5.41, 5.74) is 0.866. The molecule has 2 aromatic carbocycles. The Hall–Kier alpha value is -1.09. The molecular weight excluding hydrogens is 274 g/mol. The molecule has 0 saturated heterocycles. The molecule has 0 aliphatic carbocycles. The van der Waals surface area contributed by atoms with Crippen LogP contribution in [-0.4, -0.2) is 5.11 Å². The Kier molecular flexibility index (Phi) is 4.23. The minimum atomic E-state index is -0.969. The van der Waals surface area contributed by atoms with Gasteiger partial charge in [0.05, 0.1) is 6.10 Å². The van der Waals surface area contributed by atoms with Gasteiger partial charge in [0, 0.05) is 22.0 Å². The molecular formula is C14H11Cl2FO. The molecule has 1 nitrogen and oxygen atoms in total. The van der Waals surface area contributed by atoms with E-state index in [-0.39, 0.29) is 12.0 Å². The molecule has 2 aromatic rings. The molecule has 0 aliphatic rings. The zero-order chi connectivity index (χ0) is 13.1. The van der Waals surface area contributed by atoms with E-state index in [0.717, 1.165) is 0 Å². The topological polar surface area (TPSA) is 20.2 Å². The SMILES string of the molecule is OC(Cc1c(Cl)cccc1Cl)c1ccccc1F. The Labute approximate surface area is 115 Å². The van der Waals surface area contributed by atoms with Crippen molar-refractivity contribution in [2.24, 2.45) is 0 Å². The van der Waals surface area contributed by atoms with Crippen molar-refractivity contribution in [1.82, 2.24) is 0 Å². The van der Waals surface area contributed by atoms with Gasteiger partial charge in [-0.05, 0) is 23.8 Å². The van der Waals surface area contributed by atoms with Gasteiger partial charge < -0.3 is 5.11 Å². The average molecular weight is 285 g/mol. The van der Waals surface area contributed by atoms with Gasteiger partial charge in [0.25, 0.3) is 0 Å². The van der Waals surface area contributed by atoms with Gasteiger partial charge in [-0.2, -0.15) is 0 Å². The summed E-state index contributed by atoms with van der Waals surface area (Å²) in [6.07, 6.45) is -0.789. The molecule has 0 heterocycles. The zero-order valence-electron chi connectivity index (χ0n) is 9.41. The second kappa shape index (κ2) is 5.70. The maximum absolute atomic E-state index is 13.5. The van der Waals surface area contributed by atoms with Crippen LogP contribution < -0.4 is 0 Å². The molecule has 0 aromatic heterocycles. The zero-order valence-corrected chi connectivity index (χ0v) is 10.9. The summed E-state index contributed by atoms with van der Waals surface area (Å²) >= 11 is 12.0. The molecule has 1 atom stereocenters. The lowest BCUT2D eigenvalue weighted by molar-refractivity contribution is 0.173. The minimum absolute atomic E-state index is 0.180. The van der Waals surface area contributed by atoms with Crippen LogP contribution in [0.4, 0.5) is 4.39 Å². The van der Waals surface area contributed by atoms with Crippen LogP contribution in [0.2, 0.25) is 10.0 Å². The summed E-state index contributed by atoms with van der Waals surface area (Å²) < 4.78 is 13.5. The van der Waals surface area contributed by atoms with Crippen LogP contribution in [0.15, 0.2) is 42.5 Å². The summed E-state index contributed by atoms with van der Waals surface area (Å²) in [7, 11) is 0. The van der Waals surface area contributed by atoms with E-state index >= 15 is 0 Å². The highest BCUT2D eigenvalue weighted by Gasteiger charge is 2.16. The minimum Gasteiger partial charge on any atom is -0.388 e. The van der Waals surface area contributed by atoms with Gasteiger partial charge in [0.1, 0.15) is 5.82 Å². The number of benzene rings is 2. The Morgan fingerprint density at radius 3 is 2.22 bits per heavy atom. The summed E-state index contributed by atoms with van der Waals surface area (Å²) in [4.78, 5) is 0. The smallest absolute Gasteiger partial charge is 0.129 e. The van der Waals surface area contributed by atoms with E-state index in [1.807, 2.05) is 0 Å². The van der Waals surface area contributed by atoms with Crippen molar-refractivity contribution in [3.05, 3.63) is 69.5 Å². The largest absolute Gasteiger partial charge is 0.388 e.